The lowest BCUT2D eigenvalue weighted by Gasteiger charge is -2.30. The Morgan fingerprint density at radius 2 is 1.31 bits per heavy atom. The number of Topliss-reactive ketones (excluding diaryl/α,β-unsaturated/α-hetero) is 1. The van der Waals surface area contributed by atoms with Crippen LogP contribution in [0.4, 0.5) is 0 Å². The predicted molar refractivity (Wildman–Crippen MR) is 70.2 cm³/mol. The molecule has 90 valence electrons. The van der Waals surface area contributed by atoms with Gasteiger partial charge in [0.05, 0.1) is 5.41 Å². The van der Waals surface area contributed by atoms with Crippen molar-refractivity contribution in [2.75, 3.05) is 0 Å². The van der Waals surface area contributed by atoms with Gasteiger partial charge in [0.25, 0.3) is 0 Å². The number of carbonyl (C=O) groups is 1. The molecule has 0 N–H and O–H groups in total. The zero-order chi connectivity index (χ0) is 12.9. The summed E-state index contributed by atoms with van der Waals surface area (Å²) in [6, 6.07) is 0. The summed E-state index contributed by atoms with van der Waals surface area (Å²) in [5.74, 6) is -0.379. The van der Waals surface area contributed by atoms with Gasteiger partial charge in [0, 0.05) is 0 Å². The van der Waals surface area contributed by atoms with E-state index in [0.717, 1.165) is 22.3 Å². The summed E-state index contributed by atoms with van der Waals surface area (Å²) in [6.45, 7) is 9.64. The molecule has 0 aliphatic heterocycles. The summed E-state index contributed by atoms with van der Waals surface area (Å²) in [7, 11) is 0. The van der Waals surface area contributed by atoms with Crippen LogP contribution < -0.4 is 0 Å². The van der Waals surface area contributed by atoms with Crippen molar-refractivity contribution < 1.29 is 4.79 Å². The van der Waals surface area contributed by atoms with Crippen LogP contribution in [-0.4, -0.2) is 9.58 Å². The molecule has 4 heteroatoms. The molecule has 0 heterocycles. The van der Waals surface area contributed by atoms with Crippen molar-refractivity contribution >= 4 is 40.6 Å². The minimum Gasteiger partial charge on any atom is -0.293 e. The molecule has 1 nitrogen and oxygen atoms in total. The van der Waals surface area contributed by atoms with Crippen LogP contribution in [-0.2, 0) is 4.79 Å². The summed E-state index contributed by atoms with van der Waals surface area (Å²) in [5.41, 5.74) is 3.39. The first-order chi connectivity index (χ1) is 7.04. The third-order valence-electron chi connectivity index (χ3n) is 3.90. The molecule has 0 unspecified atom stereocenters. The van der Waals surface area contributed by atoms with Crippen LogP contribution in [0, 0.1) is 5.41 Å². The molecule has 0 atom stereocenters. The molecule has 0 aromatic heterocycles. The molecule has 0 aromatic rings. The molecule has 0 spiro atoms. The van der Waals surface area contributed by atoms with Gasteiger partial charge in [-0.1, -0.05) is 45.9 Å². The normalized spacial score (nSPS) is 20.8. The van der Waals surface area contributed by atoms with Crippen LogP contribution in [0.25, 0.3) is 0 Å². The molecule has 0 aromatic carbocycles. The highest BCUT2D eigenvalue weighted by atomic mass is 35.6. The van der Waals surface area contributed by atoms with Crippen molar-refractivity contribution in [3.05, 3.63) is 22.3 Å². The van der Waals surface area contributed by atoms with Gasteiger partial charge < -0.3 is 0 Å². The number of ketones is 1. The van der Waals surface area contributed by atoms with Crippen LogP contribution in [0.15, 0.2) is 22.3 Å². The molecule has 0 radical (unpaired) electrons. The second-order valence-corrected chi connectivity index (χ2v) is 6.73. The lowest BCUT2D eigenvalue weighted by molar-refractivity contribution is -0.123. The van der Waals surface area contributed by atoms with E-state index in [2.05, 4.69) is 0 Å². The number of carbonyl (C=O) groups excluding carboxylic acids is 1. The van der Waals surface area contributed by atoms with Crippen LogP contribution in [0.2, 0.25) is 0 Å². The molecule has 0 saturated heterocycles. The fourth-order valence-electron chi connectivity index (χ4n) is 2.22. The standard InChI is InChI=1S/C12H15Cl3O/c1-6-7(2)9(4)11(5,8(6)3)10(16)12(13,14)15/h1-5H3. The van der Waals surface area contributed by atoms with E-state index in [-0.39, 0.29) is 5.78 Å². The summed E-state index contributed by atoms with van der Waals surface area (Å²) in [5, 5.41) is 0. The van der Waals surface area contributed by atoms with Gasteiger partial charge in [-0.15, -0.1) is 0 Å². The molecule has 16 heavy (non-hydrogen) atoms. The van der Waals surface area contributed by atoms with Crippen molar-refractivity contribution in [3.63, 3.8) is 0 Å². The van der Waals surface area contributed by atoms with E-state index in [0.29, 0.717) is 0 Å². The first-order valence-electron chi connectivity index (χ1n) is 5.02. The first-order valence-corrected chi connectivity index (χ1v) is 6.15. The fourth-order valence-corrected chi connectivity index (χ4v) is 2.78. The maximum atomic E-state index is 12.2. The number of allylic oxidation sites excluding steroid dienone is 4. The number of alkyl halides is 3. The first kappa shape index (κ1) is 14.1. The van der Waals surface area contributed by atoms with Gasteiger partial charge in [-0.05, 0) is 45.8 Å². The predicted octanol–water partition coefficient (Wildman–Crippen LogP) is 4.62. The molecule has 1 rings (SSSR count). The Kier molecular flexibility index (Phi) is 3.56. The van der Waals surface area contributed by atoms with Gasteiger partial charge >= 0.3 is 0 Å². The molecular formula is C12H15Cl3O. The number of hydrogen-bond acceptors (Lipinski definition) is 1. The zero-order valence-corrected chi connectivity index (χ0v) is 12.3. The number of halogens is 3. The Hall–Kier alpha value is 0.0200. The monoisotopic (exact) mass is 280 g/mol. The lowest BCUT2D eigenvalue weighted by Crippen LogP contribution is -2.37. The van der Waals surface area contributed by atoms with Gasteiger partial charge in [0.2, 0.25) is 3.79 Å². The third kappa shape index (κ3) is 1.83. The molecule has 0 amide bonds. The Morgan fingerprint density at radius 1 is 1.00 bits per heavy atom. The molecular weight excluding hydrogens is 266 g/mol. The smallest absolute Gasteiger partial charge is 0.249 e. The van der Waals surface area contributed by atoms with Crippen molar-refractivity contribution in [1.82, 2.24) is 0 Å². The van der Waals surface area contributed by atoms with Crippen LogP contribution in [0.3, 0.4) is 0 Å². The summed E-state index contributed by atoms with van der Waals surface area (Å²) in [4.78, 5) is 12.2. The van der Waals surface area contributed by atoms with Crippen molar-refractivity contribution in [2.45, 2.75) is 38.4 Å². The van der Waals surface area contributed by atoms with Crippen molar-refractivity contribution in [3.8, 4) is 0 Å². The fraction of sp³-hybridized carbons (Fsp3) is 0.583. The highest BCUT2D eigenvalue weighted by Gasteiger charge is 2.50. The van der Waals surface area contributed by atoms with Crippen LogP contribution in [0.1, 0.15) is 34.6 Å². The second kappa shape index (κ2) is 4.04. The highest BCUT2D eigenvalue weighted by molar-refractivity contribution is 6.76. The average molecular weight is 282 g/mol. The van der Waals surface area contributed by atoms with Gasteiger partial charge in [0.15, 0.2) is 5.78 Å². The van der Waals surface area contributed by atoms with Gasteiger partial charge in [-0.3, -0.25) is 4.79 Å². The van der Waals surface area contributed by atoms with E-state index in [9.17, 15) is 4.79 Å². The largest absolute Gasteiger partial charge is 0.293 e. The van der Waals surface area contributed by atoms with E-state index in [1.165, 1.54) is 0 Å². The number of hydrogen-bond donors (Lipinski definition) is 0. The second-order valence-electron chi connectivity index (χ2n) is 4.45. The zero-order valence-electron chi connectivity index (χ0n) is 10.0. The van der Waals surface area contributed by atoms with E-state index in [1.54, 1.807) is 0 Å². The van der Waals surface area contributed by atoms with Gasteiger partial charge in [-0.2, -0.15) is 0 Å². The summed E-state index contributed by atoms with van der Waals surface area (Å²) in [6.07, 6.45) is 0. The minimum absolute atomic E-state index is 0.379. The van der Waals surface area contributed by atoms with Crippen molar-refractivity contribution in [1.29, 1.82) is 0 Å². The average Bonchev–Trinajstić information content (AvgIpc) is 2.33. The molecule has 0 saturated carbocycles. The van der Waals surface area contributed by atoms with Crippen molar-refractivity contribution in [2.24, 2.45) is 5.41 Å². The van der Waals surface area contributed by atoms with E-state index in [4.69, 9.17) is 34.8 Å². The number of rotatable bonds is 1. The quantitative estimate of drug-likeness (QED) is 0.641. The summed E-state index contributed by atoms with van der Waals surface area (Å²) >= 11 is 17.1. The molecule has 1 aliphatic rings. The molecule has 0 fully saturated rings. The Labute approximate surface area is 111 Å². The Balaban J connectivity index is 3.39. The van der Waals surface area contributed by atoms with Crippen LogP contribution >= 0.6 is 34.8 Å². The topological polar surface area (TPSA) is 17.1 Å². The molecule has 1 aliphatic carbocycles. The lowest BCUT2D eigenvalue weighted by atomic mass is 9.76. The van der Waals surface area contributed by atoms with E-state index < -0.39 is 9.21 Å². The maximum Gasteiger partial charge on any atom is 0.249 e. The minimum atomic E-state index is -1.87. The molecule has 0 bridgehead atoms. The van der Waals surface area contributed by atoms with Gasteiger partial charge in [0.1, 0.15) is 0 Å². The Bertz CT molecular complexity index is 386. The van der Waals surface area contributed by atoms with E-state index >= 15 is 0 Å². The van der Waals surface area contributed by atoms with Gasteiger partial charge in [-0.25, -0.2) is 0 Å². The third-order valence-corrected chi connectivity index (χ3v) is 4.41. The van der Waals surface area contributed by atoms with E-state index in [1.807, 2.05) is 34.6 Å². The maximum absolute atomic E-state index is 12.2. The van der Waals surface area contributed by atoms with Crippen LogP contribution in [0.5, 0.6) is 0 Å². The highest BCUT2D eigenvalue weighted by Crippen LogP contribution is 2.51. The Morgan fingerprint density at radius 3 is 1.56 bits per heavy atom. The summed E-state index contributed by atoms with van der Waals surface area (Å²) < 4.78 is -1.87. The SMILES string of the molecule is CC1=C(C)C(C)(C(=O)C(Cl)(Cl)Cl)C(C)=C1C.